The molecule has 0 aromatic carbocycles. The Morgan fingerprint density at radius 3 is 1.20 bits per heavy atom. The van der Waals surface area contributed by atoms with E-state index in [1.165, 1.54) is 0 Å². The topological polar surface area (TPSA) is 0 Å². The molecule has 0 unspecified atom stereocenters. The number of hydrogen-bond acceptors (Lipinski definition) is 0. The number of hydrogen-bond donors (Lipinski definition) is 0. The van der Waals surface area contributed by atoms with Gasteiger partial charge in [0, 0.05) is 17.1 Å². The van der Waals surface area contributed by atoms with Crippen molar-refractivity contribution in [2.45, 2.75) is 0 Å². The molecule has 1 heteroatoms. The van der Waals surface area contributed by atoms with Gasteiger partial charge in [0.25, 0.3) is 0 Å². The summed E-state index contributed by atoms with van der Waals surface area (Å²) in [5.41, 5.74) is 0. The molecular weight excluding hydrogens is 103 g/mol. The van der Waals surface area contributed by atoms with E-state index in [4.69, 9.17) is 0 Å². The first-order valence-electron chi connectivity index (χ1n) is 1.15. The van der Waals surface area contributed by atoms with Crippen LogP contribution in [0.25, 0.3) is 0 Å². The van der Waals surface area contributed by atoms with Crippen molar-refractivity contribution in [2.24, 2.45) is 0 Å². The molecule has 0 fully saturated rings. The van der Waals surface area contributed by atoms with Crippen LogP contribution in [-0.2, 0) is 17.1 Å². The van der Waals surface area contributed by atoms with E-state index in [9.17, 15) is 0 Å². The average molecular weight is 109 g/mol. The number of allylic oxidation sites excluding steroid dienone is 2. The summed E-state index contributed by atoms with van der Waals surface area (Å²) in [7, 11) is 0. The monoisotopic (exact) mass is 109 g/mol. The number of rotatable bonds is 1. The molecule has 0 spiro atoms. The van der Waals surface area contributed by atoms with Crippen molar-refractivity contribution in [3.8, 4) is 0 Å². The van der Waals surface area contributed by atoms with Crippen molar-refractivity contribution in [3.05, 3.63) is 25.3 Å². The van der Waals surface area contributed by atoms with Crippen LogP contribution in [0.2, 0.25) is 0 Å². The third-order valence-corrected chi connectivity index (χ3v) is 0.167. The molecule has 0 aromatic rings. The molecule has 5 heavy (non-hydrogen) atoms. The third kappa shape index (κ3) is 16.0. The Hall–Kier alpha value is -0.000519. The molecule has 0 amide bonds. The van der Waals surface area contributed by atoms with E-state index in [2.05, 4.69) is 13.2 Å². The third-order valence-electron chi connectivity index (χ3n) is 0.167. The Bertz CT molecular complexity index is 24.6. The second-order valence-electron chi connectivity index (χ2n) is 0.471. The molecule has 0 rings (SSSR count). The maximum absolute atomic E-state index is 3.36. The summed E-state index contributed by atoms with van der Waals surface area (Å²) in [6.45, 7) is 6.72. The van der Waals surface area contributed by atoms with Gasteiger partial charge in [0.2, 0.25) is 0 Å². The van der Waals surface area contributed by atoms with Gasteiger partial charge >= 0.3 is 0 Å². The second-order valence-corrected chi connectivity index (χ2v) is 0.471. The van der Waals surface area contributed by atoms with Crippen LogP contribution in [0.4, 0.5) is 0 Å². The maximum atomic E-state index is 3.36. The van der Waals surface area contributed by atoms with Gasteiger partial charge < -0.3 is 0 Å². The predicted octanol–water partition coefficient (Wildman–Crippen LogP) is 1.36. The Labute approximate surface area is 43.1 Å². The Morgan fingerprint density at radius 2 is 1.20 bits per heavy atom. The van der Waals surface area contributed by atoms with Crippen molar-refractivity contribution >= 4 is 0 Å². The van der Waals surface area contributed by atoms with Crippen LogP contribution in [0.5, 0.6) is 0 Å². The fourth-order valence-corrected chi connectivity index (χ4v) is 0. The fourth-order valence-electron chi connectivity index (χ4n) is 0. The molecule has 0 aromatic heterocycles. The van der Waals surface area contributed by atoms with Gasteiger partial charge in [0.05, 0.1) is 0 Å². The molecule has 1 radical (unpaired) electrons. The standard InChI is InChI=1S/C4H6.Mn/c1-3-4-2;/h3-4H,1-2H2;. The van der Waals surface area contributed by atoms with Crippen LogP contribution in [0, 0.1) is 0 Å². The summed E-state index contributed by atoms with van der Waals surface area (Å²) in [6.07, 6.45) is 3.28. The smallest absolute Gasteiger partial charge is 0 e. The van der Waals surface area contributed by atoms with Crippen LogP contribution < -0.4 is 0 Å². The molecule has 0 saturated heterocycles. The zero-order chi connectivity index (χ0) is 3.41. The van der Waals surface area contributed by atoms with Crippen LogP contribution in [-0.4, -0.2) is 0 Å². The summed E-state index contributed by atoms with van der Waals surface area (Å²) in [5.74, 6) is 0. The molecule has 29 valence electrons. The first kappa shape index (κ1) is 8.89. The minimum atomic E-state index is 0. The predicted molar refractivity (Wildman–Crippen MR) is 20.4 cm³/mol. The zero-order valence-electron chi connectivity index (χ0n) is 2.95. The first-order valence-corrected chi connectivity index (χ1v) is 1.15. The molecule has 0 N–H and O–H groups in total. The van der Waals surface area contributed by atoms with E-state index in [-0.39, 0.29) is 17.1 Å². The SMILES string of the molecule is C=CC=C.[Mn]. The maximum Gasteiger partial charge on any atom is 0 e. The molecule has 0 aliphatic heterocycles. The van der Waals surface area contributed by atoms with Gasteiger partial charge in [0.15, 0.2) is 0 Å². The summed E-state index contributed by atoms with van der Waals surface area (Å²) < 4.78 is 0. The van der Waals surface area contributed by atoms with E-state index in [1.807, 2.05) is 0 Å². The summed E-state index contributed by atoms with van der Waals surface area (Å²) >= 11 is 0. The van der Waals surface area contributed by atoms with Crippen LogP contribution >= 0.6 is 0 Å². The van der Waals surface area contributed by atoms with Crippen LogP contribution in [0.1, 0.15) is 0 Å². The van der Waals surface area contributed by atoms with Crippen molar-refractivity contribution in [3.63, 3.8) is 0 Å². The largest absolute Gasteiger partial charge is 0.0991 e. The van der Waals surface area contributed by atoms with Crippen molar-refractivity contribution < 1.29 is 17.1 Å². The van der Waals surface area contributed by atoms with Gasteiger partial charge in [0.1, 0.15) is 0 Å². The van der Waals surface area contributed by atoms with E-state index in [1.54, 1.807) is 12.2 Å². The van der Waals surface area contributed by atoms with Gasteiger partial charge in [-0.15, -0.1) is 0 Å². The molecule has 0 saturated carbocycles. The van der Waals surface area contributed by atoms with E-state index in [0.29, 0.717) is 0 Å². The van der Waals surface area contributed by atoms with E-state index in [0.717, 1.165) is 0 Å². The molecular formula is C4H6Mn. The summed E-state index contributed by atoms with van der Waals surface area (Å²) in [4.78, 5) is 0. The van der Waals surface area contributed by atoms with Gasteiger partial charge in [-0.05, 0) is 0 Å². The Kier molecular flexibility index (Phi) is 16.0. The Morgan fingerprint density at radius 1 is 1.00 bits per heavy atom. The Balaban J connectivity index is 0. The summed E-state index contributed by atoms with van der Waals surface area (Å²) in [6, 6.07) is 0. The van der Waals surface area contributed by atoms with Gasteiger partial charge in [-0.1, -0.05) is 25.3 Å². The second kappa shape index (κ2) is 9.00. The molecule has 0 bridgehead atoms. The van der Waals surface area contributed by atoms with Crippen LogP contribution in [0.15, 0.2) is 25.3 Å². The first-order chi connectivity index (χ1) is 1.91. The molecule has 0 nitrogen and oxygen atoms in total. The van der Waals surface area contributed by atoms with Crippen molar-refractivity contribution in [2.75, 3.05) is 0 Å². The summed E-state index contributed by atoms with van der Waals surface area (Å²) in [5, 5.41) is 0. The van der Waals surface area contributed by atoms with Gasteiger partial charge in [-0.2, -0.15) is 0 Å². The fraction of sp³-hybridized carbons (Fsp3) is 0. The minimum Gasteiger partial charge on any atom is -0.0991 e. The van der Waals surface area contributed by atoms with E-state index >= 15 is 0 Å². The van der Waals surface area contributed by atoms with Crippen LogP contribution in [0.3, 0.4) is 0 Å². The average Bonchev–Trinajstić information content (AvgIpc) is 1.37. The normalized spacial score (nSPS) is 4.00. The zero-order valence-corrected chi connectivity index (χ0v) is 4.13. The molecule has 0 atom stereocenters. The van der Waals surface area contributed by atoms with Gasteiger partial charge in [-0.3, -0.25) is 0 Å². The molecule has 0 heterocycles. The van der Waals surface area contributed by atoms with Crippen molar-refractivity contribution in [1.82, 2.24) is 0 Å². The van der Waals surface area contributed by atoms with E-state index < -0.39 is 0 Å². The quantitative estimate of drug-likeness (QED) is 0.352. The van der Waals surface area contributed by atoms with Crippen molar-refractivity contribution in [1.29, 1.82) is 0 Å². The van der Waals surface area contributed by atoms with Gasteiger partial charge in [-0.25, -0.2) is 0 Å². The molecule has 0 aliphatic carbocycles. The minimum absolute atomic E-state index is 0. The molecule has 0 aliphatic rings.